The molecule has 0 unspecified atom stereocenters. The zero-order valence-electron chi connectivity index (χ0n) is 16.1. The standard InChI is InChI=1S/C23H20FN5/c1-16-14-22(28-12-10-27(11-13-28)18-8-6-17(24)7-9-18)29-21-5-3-2-4-20(21)26-23(29)19(16)15-25/h2-9,14H,10-13H2,1H3. The Kier molecular flexibility index (Phi) is 4.09. The van der Waals surface area contributed by atoms with Crippen LogP contribution in [0.2, 0.25) is 0 Å². The second-order valence-electron chi connectivity index (χ2n) is 7.38. The van der Waals surface area contributed by atoms with Gasteiger partial charge in [0.2, 0.25) is 0 Å². The van der Waals surface area contributed by atoms with Gasteiger partial charge in [-0.3, -0.25) is 4.40 Å². The Morgan fingerprint density at radius 3 is 2.38 bits per heavy atom. The number of anilines is 2. The van der Waals surface area contributed by atoms with Crippen molar-refractivity contribution in [1.29, 1.82) is 5.26 Å². The van der Waals surface area contributed by atoms with Gasteiger partial charge < -0.3 is 9.80 Å². The molecule has 0 amide bonds. The molecule has 3 heterocycles. The van der Waals surface area contributed by atoms with E-state index in [1.54, 1.807) is 0 Å². The maximum atomic E-state index is 13.2. The number of nitrogens with zero attached hydrogens (tertiary/aromatic N) is 5. The van der Waals surface area contributed by atoms with Gasteiger partial charge in [-0.25, -0.2) is 9.37 Å². The molecule has 2 aromatic carbocycles. The van der Waals surface area contributed by atoms with Gasteiger partial charge in [0, 0.05) is 31.9 Å². The van der Waals surface area contributed by atoms with Crippen molar-refractivity contribution in [3.05, 3.63) is 71.5 Å². The number of fused-ring (bicyclic) bond motifs is 3. The zero-order valence-corrected chi connectivity index (χ0v) is 16.1. The topological polar surface area (TPSA) is 47.6 Å². The van der Waals surface area contributed by atoms with Crippen molar-refractivity contribution in [2.45, 2.75) is 6.92 Å². The van der Waals surface area contributed by atoms with Gasteiger partial charge in [-0.1, -0.05) is 12.1 Å². The molecule has 0 saturated carbocycles. The number of benzene rings is 2. The summed E-state index contributed by atoms with van der Waals surface area (Å²) in [6.45, 7) is 5.34. The van der Waals surface area contributed by atoms with Gasteiger partial charge >= 0.3 is 0 Å². The minimum Gasteiger partial charge on any atom is -0.368 e. The molecule has 0 aliphatic carbocycles. The van der Waals surface area contributed by atoms with E-state index in [1.165, 1.54) is 12.1 Å². The lowest BCUT2D eigenvalue weighted by molar-refractivity contribution is 0.624. The van der Waals surface area contributed by atoms with Gasteiger partial charge in [0.25, 0.3) is 0 Å². The smallest absolute Gasteiger partial charge is 0.157 e. The molecule has 2 aromatic heterocycles. The molecule has 6 heteroatoms. The van der Waals surface area contributed by atoms with Crippen LogP contribution in [0.15, 0.2) is 54.6 Å². The second-order valence-corrected chi connectivity index (χ2v) is 7.38. The average Bonchev–Trinajstić information content (AvgIpc) is 3.13. The number of aryl methyl sites for hydroxylation is 1. The van der Waals surface area contributed by atoms with Gasteiger partial charge in [0.1, 0.15) is 17.7 Å². The van der Waals surface area contributed by atoms with Gasteiger partial charge in [0.05, 0.1) is 16.6 Å². The van der Waals surface area contributed by atoms with E-state index in [-0.39, 0.29) is 5.82 Å². The normalized spacial score (nSPS) is 14.5. The Bertz CT molecular complexity index is 1240. The fourth-order valence-electron chi connectivity index (χ4n) is 4.15. The van der Waals surface area contributed by atoms with Crippen LogP contribution in [0.3, 0.4) is 0 Å². The molecule has 29 heavy (non-hydrogen) atoms. The minimum absolute atomic E-state index is 0.213. The lowest BCUT2D eigenvalue weighted by atomic mass is 10.1. The summed E-state index contributed by atoms with van der Waals surface area (Å²) in [5, 5.41) is 9.67. The monoisotopic (exact) mass is 385 g/mol. The first-order valence-corrected chi connectivity index (χ1v) is 9.72. The molecule has 5 rings (SSSR count). The predicted molar refractivity (Wildman–Crippen MR) is 113 cm³/mol. The molecule has 0 bridgehead atoms. The van der Waals surface area contributed by atoms with Crippen molar-refractivity contribution in [3.63, 3.8) is 0 Å². The number of aromatic nitrogens is 2. The number of hydrogen-bond acceptors (Lipinski definition) is 4. The molecule has 0 atom stereocenters. The van der Waals surface area contributed by atoms with Crippen LogP contribution in [0.5, 0.6) is 0 Å². The third kappa shape index (κ3) is 2.87. The SMILES string of the molecule is Cc1cc(N2CCN(c3ccc(F)cc3)CC2)n2c(nc3ccccc32)c1C#N. The van der Waals surface area contributed by atoms with Gasteiger partial charge in [0.15, 0.2) is 5.65 Å². The molecule has 144 valence electrons. The summed E-state index contributed by atoms with van der Waals surface area (Å²) in [5.74, 6) is 0.846. The molecule has 0 spiro atoms. The highest BCUT2D eigenvalue weighted by molar-refractivity contribution is 5.85. The van der Waals surface area contributed by atoms with E-state index in [4.69, 9.17) is 4.98 Å². The fourth-order valence-corrected chi connectivity index (χ4v) is 4.15. The number of hydrogen-bond donors (Lipinski definition) is 0. The van der Waals surface area contributed by atoms with Crippen LogP contribution in [0.25, 0.3) is 16.7 Å². The molecule has 1 fully saturated rings. The van der Waals surface area contributed by atoms with E-state index < -0.39 is 0 Å². The number of piperazine rings is 1. The van der Waals surface area contributed by atoms with E-state index in [1.807, 2.05) is 43.3 Å². The highest BCUT2D eigenvalue weighted by Crippen LogP contribution is 2.29. The van der Waals surface area contributed by atoms with Gasteiger partial charge in [-0.15, -0.1) is 0 Å². The Labute approximate surface area is 168 Å². The number of imidazole rings is 1. The van der Waals surface area contributed by atoms with E-state index in [0.717, 1.165) is 54.3 Å². The highest BCUT2D eigenvalue weighted by atomic mass is 19.1. The number of halogens is 1. The van der Waals surface area contributed by atoms with E-state index in [9.17, 15) is 9.65 Å². The summed E-state index contributed by atoms with van der Waals surface area (Å²) in [6, 6.07) is 19.1. The summed E-state index contributed by atoms with van der Waals surface area (Å²) in [5.41, 5.74) is 5.21. The summed E-state index contributed by atoms with van der Waals surface area (Å²) in [7, 11) is 0. The summed E-state index contributed by atoms with van der Waals surface area (Å²) >= 11 is 0. The fraction of sp³-hybridized carbons (Fsp3) is 0.217. The third-order valence-electron chi connectivity index (χ3n) is 5.66. The first-order chi connectivity index (χ1) is 14.2. The lowest BCUT2D eigenvalue weighted by Gasteiger charge is -2.37. The molecular formula is C23H20FN5. The van der Waals surface area contributed by atoms with E-state index in [0.29, 0.717) is 11.2 Å². The summed E-state index contributed by atoms with van der Waals surface area (Å²) in [4.78, 5) is 9.36. The number of para-hydroxylation sites is 2. The Balaban J connectivity index is 1.54. The first kappa shape index (κ1) is 17.5. The Morgan fingerprint density at radius 2 is 1.66 bits per heavy atom. The van der Waals surface area contributed by atoms with Crippen LogP contribution >= 0.6 is 0 Å². The van der Waals surface area contributed by atoms with Crippen molar-refractivity contribution < 1.29 is 4.39 Å². The molecular weight excluding hydrogens is 365 g/mol. The van der Waals surface area contributed by atoms with Crippen LogP contribution in [0.1, 0.15) is 11.1 Å². The Morgan fingerprint density at radius 1 is 0.966 bits per heavy atom. The number of nitriles is 1. The van der Waals surface area contributed by atoms with Crippen LogP contribution in [0, 0.1) is 24.1 Å². The van der Waals surface area contributed by atoms with Gasteiger partial charge in [-0.05, 0) is 55.0 Å². The van der Waals surface area contributed by atoms with Crippen molar-refractivity contribution in [2.24, 2.45) is 0 Å². The van der Waals surface area contributed by atoms with Crippen LogP contribution in [-0.2, 0) is 0 Å². The minimum atomic E-state index is -0.213. The number of pyridine rings is 1. The van der Waals surface area contributed by atoms with E-state index in [2.05, 4.69) is 26.3 Å². The van der Waals surface area contributed by atoms with Crippen molar-refractivity contribution >= 4 is 28.2 Å². The molecule has 1 aliphatic rings. The third-order valence-corrected chi connectivity index (χ3v) is 5.66. The molecule has 0 radical (unpaired) electrons. The molecule has 1 saturated heterocycles. The lowest BCUT2D eigenvalue weighted by Crippen LogP contribution is -2.47. The number of rotatable bonds is 2. The van der Waals surface area contributed by atoms with Crippen molar-refractivity contribution in [3.8, 4) is 6.07 Å². The molecule has 5 nitrogen and oxygen atoms in total. The van der Waals surface area contributed by atoms with Crippen molar-refractivity contribution in [2.75, 3.05) is 36.0 Å². The van der Waals surface area contributed by atoms with Crippen molar-refractivity contribution in [1.82, 2.24) is 9.38 Å². The average molecular weight is 385 g/mol. The van der Waals surface area contributed by atoms with Crippen LogP contribution < -0.4 is 9.80 Å². The zero-order chi connectivity index (χ0) is 20.0. The first-order valence-electron chi connectivity index (χ1n) is 9.72. The molecule has 4 aromatic rings. The van der Waals surface area contributed by atoms with Gasteiger partial charge in [-0.2, -0.15) is 5.26 Å². The maximum Gasteiger partial charge on any atom is 0.157 e. The Hall–Kier alpha value is -3.59. The van der Waals surface area contributed by atoms with Crippen LogP contribution in [0.4, 0.5) is 15.9 Å². The van der Waals surface area contributed by atoms with E-state index >= 15 is 0 Å². The van der Waals surface area contributed by atoms with Crippen LogP contribution in [-0.4, -0.2) is 35.6 Å². The quantitative estimate of drug-likeness (QED) is 0.520. The summed E-state index contributed by atoms with van der Waals surface area (Å²) < 4.78 is 15.3. The molecule has 1 aliphatic heterocycles. The predicted octanol–water partition coefficient (Wildman–Crippen LogP) is 4.13. The second kappa shape index (κ2) is 6.78. The highest BCUT2D eigenvalue weighted by Gasteiger charge is 2.22. The largest absolute Gasteiger partial charge is 0.368 e. The summed E-state index contributed by atoms with van der Waals surface area (Å²) in [6.07, 6.45) is 0. The maximum absolute atomic E-state index is 13.2. The molecule has 0 N–H and O–H groups in total.